The highest BCUT2D eigenvalue weighted by Crippen LogP contribution is 2.37. The maximum Gasteiger partial charge on any atom is 0.259 e. The molecule has 3 aliphatic heterocycles. The summed E-state index contributed by atoms with van der Waals surface area (Å²) in [5.41, 5.74) is 2.03. The minimum Gasteiger partial charge on any atom is -0.454 e. The minimum absolute atomic E-state index is 0.0868. The Hall–Kier alpha value is -3.86. The zero-order chi connectivity index (χ0) is 27.4. The zero-order valence-electron chi connectivity index (χ0n) is 21.9. The van der Waals surface area contributed by atoms with Gasteiger partial charge < -0.3 is 20.1 Å². The first-order valence-corrected chi connectivity index (χ1v) is 14.1. The van der Waals surface area contributed by atoms with Crippen LogP contribution in [0.4, 0.5) is 11.4 Å². The van der Waals surface area contributed by atoms with Crippen molar-refractivity contribution in [3.05, 3.63) is 48.0 Å². The highest BCUT2D eigenvalue weighted by molar-refractivity contribution is 8.15. The van der Waals surface area contributed by atoms with E-state index in [1.165, 1.54) is 16.7 Å². The highest BCUT2D eigenvalue weighted by atomic mass is 32.2. The molecule has 0 aromatic heterocycles. The molecular weight excluding hydrogens is 518 g/mol. The Bertz CT molecular complexity index is 1340. The first-order chi connectivity index (χ1) is 19.0. The van der Waals surface area contributed by atoms with Crippen LogP contribution in [0, 0.1) is 0 Å². The second-order valence-corrected chi connectivity index (χ2v) is 10.5. The number of amidine groups is 2. The average Bonchev–Trinajstić information content (AvgIpc) is 3.54. The molecule has 11 heteroatoms. The predicted octanol–water partition coefficient (Wildman–Crippen LogP) is 4.22. The van der Waals surface area contributed by atoms with E-state index in [1.807, 2.05) is 31.2 Å². The molecule has 0 saturated heterocycles. The number of thioether (sulfide) groups is 1. The molecule has 0 unspecified atom stereocenters. The molecule has 3 heterocycles. The molecule has 0 fully saturated rings. The molecule has 204 valence electrons. The molecule has 0 radical (unpaired) electrons. The number of carbonyl (C=O) groups excluding carboxylic acids is 3. The largest absolute Gasteiger partial charge is 0.454 e. The molecule has 2 aromatic rings. The monoisotopic (exact) mass is 549 g/mol. The number of nitrogens with zero attached hydrogens (tertiary/aromatic N) is 3. The van der Waals surface area contributed by atoms with E-state index in [0.29, 0.717) is 53.3 Å². The summed E-state index contributed by atoms with van der Waals surface area (Å²) in [6.45, 7) is 4.76. The van der Waals surface area contributed by atoms with Gasteiger partial charge in [-0.15, -0.1) is 0 Å². The van der Waals surface area contributed by atoms with Crippen molar-refractivity contribution >= 4 is 51.9 Å². The van der Waals surface area contributed by atoms with Crippen molar-refractivity contribution in [2.45, 2.75) is 57.2 Å². The maximum atomic E-state index is 13.5. The number of unbranched alkanes of at least 4 members (excludes halogenated alkanes) is 1. The van der Waals surface area contributed by atoms with Crippen LogP contribution in [0.25, 0.3) is 0 Å². The van der Waals surface area contributed by atoms with Crippen molar-refractivity contribution in [2.24, 2.45) is 9.98 Å². The second kappa shape index (κ2) is 11.9. The Morgan fingerprint density at radius 1 is 1.15 bits per heavy atom. The summed E-state index contributed by atoms with van der Waals surface area (Å²) in [6.07, 6.45) is 2.94. The van der Waals surface area contributed by atoms with Crippen molar-refractivity contribution in [1.82, 2.24) is 10.2 Å². The smallest absolute Gasteiger partial charge is 0.259 e. The van der Waals surface area contributed by atoms with Crippen LogP contribution in [0.15, 0.2) is 52.4 Å². The number of nitrogens with one attached hydrogen (secondary N) is 2. The number of para-hydroxylation sites is 1. The van der Waals surface area contributed by atoms with Crippen LogP contribution >= 0.6 is 11.8 Å². The van der Waals surface area contributed by atoms with Gasteiger partial charge in [-0.1, -0.05) is 44.2 Å². The van der Waals surface area contributed by atoms with Gasteiger partial charge in [0.05, 0.1) is 10.9 Å². The molecule has 10 nitrogen and oxygen atoms in total. The fourth-order valence-electron chi connectivity index (χ4n) is 4.48. The molecule has 0 aliphatic carbocycles. The Balaban J connectivity index is 1.31. The van der Waals surface area contributed by atoms with Crippen LogP contribution in [-0.2, 0) is 14.4 Å². The fourth-order valence-corrected chi connectivity index (χ4v) is 5.50. The molecule has 0 spiro atoms. The Morgan fingerprint density at radius 2 is 1.97 bits per heavy atom. The number of rotatable bonds is 10. The summed E-state index contributed by atoms with van der Waals surface area (Å²) < 4.78 is 10.8. The normalized spacial score (nSPS) is 17.6. The SMILES string of the molecule is CCCCNC(=O)CC[C@@H]1N=C2c3ccccc3N=C(S[C@@H](CC)C(=O)Nc3ccc4c(c3)OCO4)N2C1=O. The van der Waals surface area contributed by atoms with Gasteiger partial charge in [-0.25, -0.2) is 9.89 Å². The quantitative estimate of drug-likeness (QED) is 0.428. The Morgan fingerprint density at radius 3 is 2.79 bits per heavy atom. The molecule has 3 aliphatic rings. The molecular formula is C28H31N5O5S. The second-order valence-electron chi connectivity index (χ2n) is 9.37. The summed E-state index contributed by atoms with van der Waals surface area (Å²) in [7, 11) is 0. The van der Waals surface area contributed by atoms with Crippen LogP contribution < -0.4 is 20.1 Å². The molecule has 2 atom stereocenters. The van der Waals surface area contributed by atoms with Crippen LogP contribution in [0.5, 0.6) is 11.5 Å². The summed E-state index contributed by atoms with van der Waals surface area (Å²) in [5, 5.41) is 5.71. The van der Waals surface area contributed by atoms with E-state index >= 15 is 0 Å². The van der Waals surface area contributed by atoms with Crippen LogP contribution in [0.2, 0.25) is 0 Å². The van der Waals surface area contributed by atoms with Crippen LogP contribution in [0.1, 0.15) is 51.5 Å². The number of ether oxygens (including phenoxy) is 2. The van der Waals surface area contributed by atoms with Crippen molar-refractivity contribution in [3.8, 4) is 11.5 Å². The summed E-state index contributed by atoms with van der Waals surface area (Å²) in [5.74, 6) is 1.19. The lowest BCUT2D eigenvalue weighted by atomic mass is 10.1. The number of aliphatic imine (C=N–C) groups is 2. The molecule has 3 amide bonds. The Labute approximate surface area is 231 Å². The van der Waals surface area contributed by atoms with Gasteiger partial charge in [-0.3, -0.25) is 19.4 Å². The third-order valence-corrected chi connectivity index (χ3v) is 7.91. The van der Waals surface area contributed by atoms with Gasteiger partial charge in [-0.2, -0.15) is 0 Å². The Kier molecular flexibility index (Phi) is 8.16. The number of anilines is 1. The van der Waals surface area contributed by atoms with E-state index in [4.69, 9.17) is 19.5 Å². The maximum absolute atomic E-state index is 13.5. The van der Waals surface area contributed by atoms with Gasteiger partial charge in [0.15, 0.2) is 16.7 Å². The molecule has 39 heavy (non-hydrogen) atoms. The van der Waals surface area contributed by atoms with Gasteiger partial charge in [-0.05, 0) is 43.5 Å². The van der Waals surface area contributed by atoms with Crippen molar-refractivity contribution in [2.75, 3.05) is 18.7 Å². The predicted molar refractivity (Wildman–Crippen MR) is 151 cm³/mol. The molecule has 0 saturated carbocycles. The van der Waals surface area contributed by atoms with E-state index in [9.17, 15) is 14.4 Å². The number of hydrogen-bond donors (Lipinski definition) is 2. The molecule has 2 N–H and O–H groups in total. The zero-order valence-corrected chi connectivity index (χ0v) is 22.8. The van der Waals surface area contributed by atoms with Gasteiger partial charge in [0.1, 0.15) is 11.9 Å². The summed E-state index contributed by atoms with van der Waals surface area (Å²) in [6, 6.07) is 12.0. The van der Waals surface area contributed by atoms with Gasteiger partial charge in [0.25, 0.3) is 5.91 Å². The van der Waals surface area contributed by atoms with Crippen LogP contribution in [-0.4, -0.2) is 58.3 Å². The first-order valence-electron chi connectivity index (χ1n) is 13.2. The topological polar surface area (TPSA) is 122 Å². The van der Waals surface area contributed by atoms with Gasteiger partial charge >= 0.3 is 0 Å². The first kappa shape index (κ1) is 26.7. The lowest BCUT2D eigenvalue weighted by molar-refractivity contribution is -0.125. The van der Waals surface area contributed by atoms with Gasteiger partial charge in [0, 0.05) is 30.3 Å². The third kappa shape index (κ3) is 5.78. The van der Waals surface area contributed by atoms with E-state index in [1.54, 1.807) is 18.2 Å². The number of carbonyl (C=O) groups is 3. The van der Waals surface area contributed by atoms with Crippen molar-refractivity contribution < 1.29 is 23.9 Å². The van der Waals surface area contributed by atoms with E-state index in [-0.39, 0.29) is 30.9 Å². The van der Waals surface area contributed by atoms with E-state index in [0.717, 1.165) is 18.4 Å². The van der Waals surface area contributed by atoms with E-state index in [2.05, 4.69) is 17.6 Å². The highest BCUT2D eigenvalue weighted by Gasteiger charge is 2.42. The summed E-state index contributed by atoms with van der Waals surface area (Å²) >= 11 is 1.23. The van der Waals surface area contributed by atoms with E-state index < -0.39 is 11.3 Å². The molecule has 2 aromatic carbocycles. The molecule has 5 rings (SSSR count). The standard InChI is InChI=1S/C28H31N5O5S/c1-3-5-14-29-24(34)13-11-20-27(36)33-25(31-20)18-8-6-7-9-19(18)32-28(33)39-23(4-2)26(35)30-17-10-12-21-22(15-17)38-16-37-21/h6-10,12,15,20,23H,3-5,11,13-14,16H2,1-2H3,(H,29,34)(H,30,35)/t20-,23-/m0/s1. The van der Waals surface area contributed by atoms with Crippen LogP contribution in [0.3, 0.4) is 0 Å². The lowest BCUT2D eigenvalue weighted by Crippen LogP contribution is -2.42. The van der Waals surface area contributed by atoms with Crippen molar-refractivity contribution in [3.63, 3.8) is 0 Å². The number of fused-ring (bicyclic) bond motifs is 4. The fraction of sp³-hybridized carbons (Fsp3) is 0.393. The molecule has 0 bridgehead atoms. The number of benzene rings is 2. The average molecular weight is 550 g/mol. The lowest BCUT2D eigenvalue weighted by Gasteiger charge is -2.27. The van der Waals surface area contributed by atoms with Crippen molar-refractivity contribution in [1.29, 1.82) is 0 Å². The number of amides is 3. The number of hydrogen-bond acceptors (Lipinski definition) is 8. The summed E-state index contributed by atoms with van der Waals surface area (Å²) in [4.78, 5) is 50.0. The van der Waals surface area contributed by atoms with Gasteiger partial charge in [0.2, 0.25) is 18.6 Å². The third-order valence-electron chi connectivity index (χ3n) is 6.60. The minimum atomic E-state index is -0.684.